The number of nitro benzene ring substituents is 1. The molecule has 0 aromatic heterocycles. The lowest BCUT2D eigenvalue weighted by molar-refractivity contribution is -0.384. The Hall–Kier alpha value is -2.24. The van der Waals surface area contributed by atoms with E-state index in [9.17, 15) is 19.7 Å². The summed E-state index contributed by atoms with van der Waals surface area (Å²) in [5.41, 5.74) is 1.38. The van der Waals surface area contributed by atoms with Crippen LogP contribution in [0.5, 0.6) is 0 Å². The van der Waals surface area contributed by atoms with Gasteiger partial charge in [0.25, 0.3) is 5.69 Å². The number of carbonyl (C=O) groups excluding carboxylic acids is 2. The summed E-state index contributed by atoms with van der Waals surface area (Å²) in [6.45, 7) is 1.44. The molecule has 0 atom stereocenters. The molecule has 0 saturated heterocycles. The molecule has 1 amide bonds. The number of benzene rings is 1. The first kappa shape index (κ1) is 13.2. The van der Waals surface area contributed by atoms with Crippen molar-refractivity contribution in [3.63, 3.8) is 0 Å². The molecule has 0 aliphatic carbocycles. The van der Waals surface area contributed by atoms with Crippen molar-refractivity contribution in [2.75, 3.05) is 11.4 Å². The van der Waals surface area contributed by atoms with E-state index in [-0.39, 0.29) is 23.9 Å². The van der Waals surface area contributed by atoms with Crippen molar-refractivity contribution in [2.24, 2.45) is 0 Å². The highest BCUT2D eigenvalue weighted by atomic mass is 16.6. The number of fused-ring (bicyclic) bond motifs is 1. The number of carbonyl (C=O) groups is 2. The minimum Gasteiger partial charge on any atom is -0.305 e. The van der Waals surface area contributed by atoms with E-state index in [1.165, 1.54) is 24.0 Å². The fourth-order valence-corrected chi connectivity index (χ4v) is 2.24. The summed E-state index contributed by atoms with van der Waals surface area (Å²) in [6.07, 6.45) is 1.61. The largest absolute Gasteiger partial charge is 0.305 e. The minimum atomic E-state index is -0.456. The molecule has 1 aliphatic heterocycles. The van der Waals surface area contributed by atoms with Crippen molar-refractivity contribution in [3.8, 4) is 0 Å². The summed E-state index contributed by atoms with van der Waals surface area (Å²) in [7, 11) is 0. The number of hydrogen-bond acceptors (Lipinski definition) is 4. The zero-order chi connectivity index (χ0) is 14.0. The van der Waals surface area contributed by atoms with Gasteiger partial charge in [0.15, 0.2) is 0 Å². The van der Waals surface area contributed by atoms with Gasteiger partial charge in [-0.15, -0.1) is 0 Å². The number of nitro groups is 1. The Morgan fingerprint density at radius 1 is 1.42 bits per heavy atom. The summed E-state index contributed by atoms with van der Waals surface area (Å²) >= 11 is 0. The van der Waals surface area contributed by atoms with Crippen LogP contribution in [-0.4, -0.2) is 23.2 Å². The maximum Gasteiger partial charge on any atom is 0.269 e. The summed E-state index contributed by atoms with van der Waals surface area (Å²) in [5.74, 6) is -0.220. The molecule has 6 nitrogen and oxygen atoms in total. The average Bonchev–Trinajstić information content (AvgIpc) is 2.49. The molecular weight excluding hydrogens is 248 g/mol. The van der Waals surface area contributed by atoms with E-state index in [0.717, 1.165) is 5.56 Å². The van der Waals surface area contributed by atoms with Gasteiger partial charge in [-0.3, -0.25) is 19.7 Å². The molecule has 1 aliphatic rings. The molecule has 0 saturated carbocycles. The normalized spacial score (nSPS) is 14.8. The van der Waals surface area contributed by atoms with Crippen LogP contribution in [-0.2, 0) is 16.0 Å². The van der Waals surface area contributed by atoms with Crippen LogP contribution in [0.25, 0.3) is 0 Å². The predicted octanol–water partition coefficient (Wildman–Crippen LogP) is 1.85. The molecule has 1 aromatic carbocycles. The van der Waals surface area contributed by atoms with Gasteiger partial charge in [0, 0.05) is 24.2 Å². The molecule has 0 N–H and O–H groups in total. The predicted molar refractivity (Wildman–Crippen MR) is 69.1 cm³/mol. The van der Waals surface area contributed by atoms with Crippen molar-refractivity contribution >= 4 is 23.1 Å². The van der Waals surface area contributed by atoms with E-state index >= 15 is 0 Å². The Kier molecular flexibility index (Phi) is 3.59. The first-order valence-electron chi connectivity index (χ1n) is 6.06. The van der Waals surface area contributed by atoms with Gasteiger partial charge in [-0.2, -0.15) is 0 Å². The van der Waals surface area contributed by atoms with E-state index in [4.69, 9.17) is 0 Å². The Bertz CT molecular complexity index is 554. The molecule has 1 heterocycles. The number of ketones is 1. The fraction of sp³-hybridized carbons (Fsp3) is 0.385. The Morgan fingerprint density at radius 2 is 2.16 bits per heavy atom. The maximum atomic E-state index is 12.0. The second-order valence-electron chi connectivity index (χ2n) is 4.61. The van der Waals surface area contributed by atoms with Crippen molar-refractivity contribution < 1.29 is 14.5 Å². The van der Waals surface area contributed by atoms with Crippen LogP contribution in [0.3, 0.4) is 0 Å². The van der Waals surface area contributed by atoms with Crippen LogP contribution in [0.4, 0.5) is 11.4 Å². The molecule has 0 fully saturated rings. The van der Waals surface area contributed by atoms with Gasteiger partial charge in [0.1, 0.15) is 5.78 Å². The maximum absolute atomic E-state index is 12.0. The number of amides is 1. The number of Topliss-reactive ketones (excluding diaryl/α,β-unsaturated/α-hetero) is 1. The van der Waals surface area contributed by atoms with Gasteiger partial charge in [-0.05, 0) is 31.4 Å². The van der Waals surface area contributed by atoms with Crippen molar-refractivity contribution in [1.29, 1.82) is 0 Å². The lowest BCUT2D eigenvalue weighted by atomic mass is 10.1. The van der Waals surface area contributed by atoms with Gasteiger partial charge < -0.3 is 4.90 Å². The molecule has 2 rings (SSSR count). The number of rotatable bonds is 3. The van der Waals surface area contributed by atoms with Crippen molar-refractivity contribution in [1.82, 2.24) is 0 Å². The van der Waals surface area contributed by atoms with Crippen molar-refractivity contribution in [3.05, 3.63) is 33.9 Å². The van der Waals surface area contributed by atoms with Gasteiger partial charge >= 0.3 is 0 Å². The topological polar surface area (TPSA) is 80.5 Å². The van der Waals surface area contributed by atoms with E-state index in [2.05, 4.69) is 0 Å². The second-order valence-corrected chi connectivity index (χ2v) is 4.61. The highest BCUT2D eigenvalue weighted by Crippen LogP contribution is 2.30. The number of non-ortho nitro benzene ring substituents is 1. The molecule has 100 valence electrons. The number of aryl methyl sites for hydroxylation is 1. The lowest BCUT2D eigenvalue weighted by Crippen LogP contribution is -2.34. The van der Waals surface area contributed by atoms with Crippen LogP contribution in [0, 0.1) is 10.1 Å². The van der Waals surface area contributed by atoms with Crippen LogP contribution in [0.2, 0.25) is 0 Å². The third-order valence-electron chi connectivity index (χ3n) is 3.08. The average molecular weight is 262 g/mol. The second kappa shape index (κ2) is 5.17. The van der Waals surface area contributed by atoms with Crippen LogP contribution in [0.15, 0.2) is 18.2 Å². The molecule has 0 spiro atoms. The molecule has 0 unspecified atom stereocenters. The number of hydrogen-bond donors (Lipinski definition) is 0. The van der Waals surface area contributed by atoms with Crippen LogP contribution < -0.4 is 4.90 Å². The minimum absolute atomic E-state index is 0.0101. The Labute approximate surface area is 110 Å². The Morgan fingerprint density at radius 3 is 2.79 bits per heavy atom. The van der Waals surface area contributed by atoms with E-state index in [1.54, 1.807) is 6.07 Å². The smallest absolute Gasteiger partial charge is 0.269 e. The highest BCUT2D eigenvalue weighted by molar-refractivity contribution is 5.99. The van der Waals surface area contributed by atoms with Crippen LogP contribution >= 0.6 is 0 Å². The fourth-order valence-electron chi connectivity index (χ4n) is 2.24. The summed E-state index contributed by atoms with van der Waals surface area (Å²) in [4.78, 5) is 35.0. The zero-order valence-electron chi connectivity index (χ0n) is 10.6. The van der Waals surface area contributed by atoms with Gasteiger partial charge in [-0.25, -0.2) is 0 Å². The standard InChI is InChI=1S/C13H14N2O4/c1-9(16)8-14-12-6-5-11(15(18)19)7-10(12)3-2-4-13(14)17/h5-7H,2-4,8H2,1H3. The van der Waals surface area contributed by atoms with E-state index in [1.807, 2.05) is 0 Å². The van der Waals surface area contributed by atoms with Crippen LogP contribution in [0.1, 0.15) is 25.3 Å². The molecule has 0 radical (unpaired) electrons. The lowest BCUT2D eigenvalue weighted by Gasteiger charge is -2.21. The van der Waals surface area contributed by atoms with E-state index < -0.39 is 4.92 Å². The van der Waals surface area contributed by atoms with E-state index in [0.29, 0.717) is 24.9 Å². The van der Waals surface area contributed by atoms with Gasteiger partial charge in [0.05, 0.1) is 11.5 Å². The highest BCUT2D eigenvalue weighted by Gasteiger charge is 2.24. The quantitative estimate of drug-likeness (QED) is 0.615. The molecular formula is C13H14N2O4. The first-order valence-corrected chi connectivity index (χ1v) is 6.06. The monoisotopic (exact) mass is 262 g/mol. The molecule has 6 heteroatoms. The molecule has 19 heavy (non-hydrogen) atoms. The molecule has 0 bridgehead atoms. The third kappa shape index (κ3) is 2.78. The summed E-state index contributed by atoms with van der Waals surface area (Å²) in [5, 5.41) is 10.8. The van der Waals surface area contributed by atoms with Gasteiger partial charge in [0.2, 0.25) is 5.91 Å². The summed E-state index contributed by atoms with van der Waals surface area (Å²) in [6, 6.07) is 4.41. The number of anilines is 1. The molecule has 1 aromatic rings. The first-order chi connectivity index (χ1) is 8.99. The number of nitrogens with zero attached hydrogens (tertiary/aromatic N) is 2. The third-order valence-corrected chi connectivity index (χ3v) is 3.08. The zero-order valence-corrected chi connectivity index (χ0v) is 10.6. The van der Waals surface area contributed by atoms with Gasteiger partial charge in [-0.1, -0.05) is 0 Å². The Balaban J connectivity index is 2.45. The van der Waals surface area contributed by atoms with Crippen molar-refractivity contribution in [2.45, 2.75) is 26.2 Å². The SMILES string of the molecule is CC(=O)CN1C(=O)CCCc2cc([N+](=O)[O-])ccc21. The summed E-state index contributed by atoms with van der Waals surface area (Å²) < 4.78 is 0.